The normalized spacial score (nSPS) is 12.2. The largest absolute Gasteiger partial charge is 0.497 e. The van der Waals surface area contributed by atoms with Crippen LogP contribution in [0.1, 0.15) is 13.8 Å². The van der Waals surface area contributed by atoms with Gasteiger partial charge in [0.1, 0.15) is 17.3 Å². The molecule has 0 fully saturated rings. The van der Waals surface area contributed by atoms with Gasteiger partial charge in [0.15, 0.2) is 11.9 Å². The third-order valence-corrected chi connectivity index (χ3v) is 4.19. The molecule has 2 aromatic carbocycles. The van der Waals surface area contributed by atoms with Gasteiger partial charge in [0.2, 0.25) is 0 Å². The monoisotopic (exact) mass is 391 g/mol. The number of carbonyl (C=O) groups is 1. The molecule has 0 spiro atoms. The van der Waals surface area contributed by atoms with Gasteiger partial charge in [-0.15, -0.1) is 0 Å². The van der Waals surface area contributed by atoms with Crippen molar-refractivity contribution in [1.82, 2.24) is 10.2 Å². The molecule has 0 radical (unpaired) electrons. The molecule has 3 aromatic rings. The van der Waals surface area contributed by atoms with E-state index in [1.807, 2.05) is 13.8 Å². The number of amides is 1. The number of ether oxygens (including phenoxy) is 2. The van der Waals surface area contributed by atoms with E-state index < -0.39 is 17.8 Å². The van der Waals surface area contributed by atoms with E-state index in [1.165, 1.54) is 18.2 Å². The molecular formula is C19H19ClFN3O3. The lowest BCUT2D eigenvalue weighted by Crippen LogP contribution is -2.37. The zero-order chi connectivity index (χ0) is 19.6. The Hall–Kier alpha value is -2.80. The van der Waals surface area contributed by atoms with Gasteiger partial charge < -0.3 is 14.8 Å². The van der Waals surface area contributed by atoms with Crippen LogP contribution in [0.15, 0.2) is 36.4 Å². The quantitative estimate of drug-likeness (QED) is 0.652. The number of H-pyrrole nitrogens is 1. The zero-order valence-corrected chi connectivity index (χ0v) is 15.8. The molecule has 1 heterocycles. The predicted molar refractivity (Wildman–Crippen MR) is 102 cm³/mol. The van der Waals surface area contributed by atoms with Gasteiger partial charge in [-0.25, -0.2) is 4.39 Å². The molecule has 1 atom stereocenters. The average Bonchev–Trinajstić information content (AvgIpc) is 3.00. The Bertz CT molecular complexity index is 954. The Kier molecular flexibility index (Phi) is 5.51. The Labute approximate surface area is 160 Å². The first-order chi connectivity index (χ1) is 12.9. The molecule has 0 aliphatic carbocycles. The minimum absolute atomic E-state index is 0.169. The predicted octanol–water partition coefficient (Wildman–Crippen LogP) is 4.41. The summed E-state index contributed by atoms with van der Waals surface area (Å²) in [5, 5.41) is 10.7. The van der Waals surface area contributed by atoms with Crippen molar-refractivity contribution in [3.05, 3.63) is 47.2 Å². The molecule has 1 unspecified atom stereocenters. The number of methoxy groups -OCH3 is 1. The van der Waals surface area contributed by atoms with Gasteiger partial charge in [-0.3, -0.25) is 9.89 Å². The molecule has 0 saturated heterocycles. The summed E-state index contributed by atoms with van der Waals surface area (Å²) in [6, 6.07) is 9.17. The van der Waals surface area contributed by atoms with Crippen molar-refractivity contribution < 1.29 is 18.7 Å². The lowest BCUT2D eigenvalue weighted by molar-refractivity contribution is -0.124. The highest BCUT2D eigenvalue weighted by atomic mass is 35.5. The number of nitrogens with one attached hydrogen (secondary N) is 2. The number of aromatic amines is 1. The summed E-state index contributed by atoms with van der Waals surface area (Å²) in [6.07, 6.45) is -0.854. The van der Waals surface area contributed by atoms with E-state index in [4.69, 9.17) is 21.1 Å². The van der Waals surface area contributed by atoms with Crippen LogP contribution in [0.3, 0.4) is 0 Å². The van der Waals surface area contributed by atoms with Crippen molar-refractivity contribution >= 4 is 34.2 Å². The van der Waals surface area contributed by atoms with E-state index in [-0.39, 0.29) is 16.7 Å². The third-order valence-electron chi connectivity index (χ3n) is 3.97. The number of hydrogen-bond donors (Lipinski definition) is 2. The van der Waals surface area contributed by atoms with Crippen molar-refractivity contribution in [2.75, 3.05) is 12.4 Å². The summed E-state index contributed by atoms with van der Waals surface area (Å²) in [7, 11) is 1.57. The number of halogens is 2. The van der Waals surface area contributed by atoms with Crippen LogP contribution in [0.25, 0.3) is 10.9 Å². The fraction of sp³-hybridized carbons (Fsp3) is 0.263. The molecule has 0 bridgehead atoms. The highest BCUT2D eigenvalue weighted by Gasteiger charge is 2.26. The molecule has 1 amide bonds. The Morgan fingerprint density at radius 3 is 2.67 bits per heavy atom. The van der Waals surface area contributed by atoms with E-state index in [0.717, 1.165) is 10.9 Å². The first-order valence-electron chi connectivity index (χ1n) is 8.33. The SMILES string of the molecule is COc1ccc2c(NC(=O)C(Oc3cc(F)cc(Cl)c3)C(C)C)n[nH]c2c1. The van der Waals surface area contributed by atoms with Crippen molar-refractivity contribution in [3.63, 3.8) is 0 Å². The topological polar surface area (TPSA) is 76.2 Å². The molecule has 2 N–H and O–H groups in total. The fourth-order valence-corrected chi connectivity index (χ4v) is 2.86. The number of rotatable bonds is 6. The summed E-state index contributed by atoms with van der Waals surface area (Å²) >= 11 is 5.85. The smallest absolute Gasteiger partial charge is 0.266 e. The average molecular weight is 392 g/mol. The molecule has 8 heteroatoms. The zero-order valence-electron chi connectivity index (χ0n) is 15.0. The number of nitrogens with zero attached hydrogens (tertiary/aromatic N) is 1. The second-order valence-electron chi connectivity index (χ2n) is 6.36. The number of hydrogen-bond acceptors (Lipinski definition) is 4. The first-order valence-corrected chi connectivity index (χ1v) is 8.71. The van der Waals surface area contributed by atoms with Crippen molar-refractivity contribution in [2.45, 2.75) is 20.0 Å². The van der Waals surface area contributed by atoms with Gasteiger partial charge in [-0.05, 0) is 30.2 Å². The van der Waals surface area contributed by atoms with Crippen LogP contribution in [0.4, 0.5) is 10.2 Å². The highest BCUT2D eigenvalue weighted by Crippen LogP contribution is 2.26. The first kappa shape index (κ1) is 19.0. The van der Waals surface area contributed by atoms with Crippen LogP contribution in [0.5, 0.6) is 11.5 Å². The maximum absolute atomic E-state index is 13.5. The number of aromatic nitrogens is 2. The van der Waals surface area contributed by atoms with Crippen LogP contribution in [0, 0.1) is 11.7 Å². The molecule has 0 aliphatic rings. The molecule has 3 rings (SSSR count). The summed E-state index contributed by atoms with van der Waals surface area (Å²) < 4.78 is 24.4. The third kappa shape index (κ3) is 4.31. The van der Waals surface area contributed by atoms with E-state index in [1.54, 1.807) is 25.3 Å². The minimum Gasteiger partial charge on any atom is -0.497 e. The molecule has 142 valence electrons. The fourth-order valence-electron chi connectivity index (χ4n) is 2.64. The van der Waals surface area contributed by atoms with Gasteiger partial charge in [0, 0.05) is 22.5 Å². The second-order valence-corrected chi connectivity index (χ2v) is 6.80. The lowest BCUT2D eigenvalue weighted by Gasteiger charge is -2.21. The highest BCUT2D eigenvalue weighted by molar-refractivity contribution is 6.30. The number of fused-ring (bicyclic) bond motifs is 1. The number of carbonyl (C=O) groups excluding carboxylic acids is 1. The van der Waals surface area contributed by atoms with E-state index >= 15 is 0 Å². The summed E-state index contributed by atoms with van der Waals surface area (Å²) in [4.78, 5) is 12.8. The number of anilines is 1. The molecule has 1 aromatic heterocycles. The van der Waals surface area contributed by atoms with Gasteiger partial charge in [0.25, 0.3) is 5.91 Å². The van der Waals surface area contributed by atoms with E-state index in [9.17, 15) is 9.18 Å². The van der Waals surface area contributed by atoms with Gasteiger partial charge in [-0.2, -0.15) is 5.10 Å². The maximum Gasteiger partial charge on any atom is 0.266 e. The Morgan fingerprint density at radius 1 is 1.22 bits per heavy atom. The maximum atomic E-state index is 13.5. The minimum atomic E-state index is -0.854. The Balaban J connectivity index is 1.81. The Morgan fingerprint density at radius 2 is 2.00 bits per heavy atom. The summed E-state index contributed by atoms with van der Waals surface area (Å²) in [5.74, 6) is 0.143. The van der Waals surface area contributed by atoms with Crippen LogP contribution >= 0.6 is 11.6 Å². The molecule has 6 nitrogen and oxygen atoms in total. The summed E-state index contributed by atoms with van der Waals surface area (Å²) in [6.45, 7) is 3.66. The second kappa shape index (κ2) is 7.84. The molecule has 27 heavy (non-hydrogen) atoms. The molecule has 0 aliphatic heterocycles. The van der Waals surface area contributed by atoms with E-state index in [0.29, 0.717) is 11.6 Å². The van der Waals surface area contributed by atoms with Crippen LogP contribution in [-0.4, -0.2) is 29.3 Å². The standard InChI is InChI=1S/C19H19ClFN3O3/c1-10(2)17(27-14-7-11(20)6-12(21)8-14)19(25)22-18-15-5-4-13(26-3)9-16(15)23-24-18/h4-10,17H,1-3H3,(H2,22,23,24,25). The van der Waals surface area contributed by atoms with Crippen molar-refractivity contribution in [3.8, 4) is 11.5 Å². The van der Waals surface area contributed by atoms with Gasteiger partial charge in [-0.1, -0.05) is 25.4 Å². The van der Waals surface area contributed by atoms with Crippen LogP contribution in [-0.2, 0) is 4.79 Å². The molecule has 0 saturated carbocycles. The van der Waals surface area contributed by atoms with Crippen LogP contribution in [0.2, 0.25) is 5.02 Å². The van der Waals surface area contributed by atoms with Crippen molar-refractivity contribution in [1.29, 1.82) is 0 Å². The van der Waals surface area contributed by atoms with Crippen LogP contribution < -0.4 is 14.8 Å². The van der Waals surface area contributed by atoms with Crippen molar-refractivity contribution in [2.24, 2.45) is 5.92 Å². The number of benzene rings is 2. The van der Waals surface area contributed by atoms with Gasteiger partial charge in [0.05, 0.1) is 12.6 Å². The van der Waals surface area contributed by atoms with E-state index in [2.05, 4.69) is 15.5 Å². The van der Waals surface area contributed by atoms with Gasteiger partial charge >= 0.3 is 0 Å². The molecular weight excluding hydrogens is 373 g/mol. The summed E-state index contributed by atoms with van der Waals surface area (Å²) in [5.41, 5.74) is 0.726. The lowest BCUT2D eigenvalue weighted by atomic mass is 10.1.